The number of halogens is 3. The van der Waals surface area contributed by atoms with Gasteiger partial charge >= 0.3 is 0 Å². The van der Waals surface area contributed by atoms with Crippen LogP contribution in [-0.2, 0) is 0 Å². The van der Waals surface area contributed by atoms with E-state index in [2.05, 4.69) is 15.6 Å². The Bertz CT molecular complexity index is 1150. The molecule has 1 amide bonds. The molecule has 2 unspecified atom stereocenters. The van der Waals surface area contributed by atoms with Gasteiger partial charge in [-0.2, -0.15) is 0 Å². The number of aryl methyl sites for hydroxylation is 1. The van der Waals surface area contributed by atoms with Crippen LogP contribution in [0.3, 0.4) is 0 Å². The van der Waals surface area contributed by atoms with E-state index in [-0.39, 0.29) is 29.9 Å². The number of carbonyl (C=O) groups is 1. The molecule has 1 aromatic carbocycles. The van der Waals surface area contributed by atoms with Crippen LogP contribution < -0.4 is 16.2 Å². The molecule has 2 aromatic heterocycles. The first-order valence-electron chi connectivity index (χ1n) is 9.38. The number of rotatable bonds is 3. The molecule has 2 N–H and O–H groups in total. The predicted octanol–water partition coefficient (Wildman–Crippen LogP) is 2.58. The molecule has 1 aliphatic rings. The number of pyridine rings is 1. The van der Waals surface area contributed by atoms with Gasteiger partial charge in [0.2, 0.25) is 0 Å². The fraction of sp³-hybridized carbons (Fsp3) is 0.286. The Morgan fingerprint density at radius 3 is 2.80 bits per heavy atom. The number of nitrogens with one attached hydrogen (secondary N) is 2. The molecule has 0 aliphatic carbocycles. The average Bonchev–Trinajstić information content (AvgIpc) is 2.71. The summed E-state index contributed by atoms with van der Waals surface area (Å²) in [7, 11) is 0. The maximum Gasteiger partial charge on any atom is 0.270 e. The summed E-state index contributed by atoms with van der Waals surface area (Å²) in [4.78, 5) is 29.8. The SMILES string of the molecule is Cc1ccc2ncc(C(=O)NC3CNCCC3c3ccc(F)c(F)c3)c(=O)n2c1.Cl. The zero-order valence-corrected chi connectivity index (χ0v) is 17.0. The van der Waals surface area contributed by atoms with Crippen molar-refractivity contribution >= 4 is 24.0 Å². The Labute approximate surface area is 177 Å². The third kappa shape index (κ3) is 4.20. The van der Waals surface area contributed by atoms with Crippen LogP contribution >= 0.6 is 12.4 Å². The fourth-order valence-electron chi connectivity index (χ4n) is 3.74. The van der Waals surface area contributed by atoms with Gasteiger partial charge in [0.15, 0.2) is 11.6 Å². The van der Waals surface area contributed by atoms with Crippen molar-refractivity contribution < 1.29 is 13.6 Å². The molecule has 3 heterocycles. The Morgan fingerprint density at radius 1 is 1.23 bits per heavy atom. The first kappa shape index (κ1) is 21.9. The van der Waals surface area contributed by atoms with E-state index in [0.717, 1.165) is 11.6 Å². The standard InChI is InChI=1S/C21H20F2N4O2.ClH/c1-12-2-5-19-25-9-15(21(29)27(19)11-12)20(28)26-18-10-24-7-6-14(18)13-3-4-16(22)17(23)8-13;/h2-5,8-9,11,14,18,24H,6-7,10H2,1H3,(H,26,28);1H. The number of fused-ring (bicyclic) bond motifs is 1. The van der Waals surface area contributed by atoms with Crippen LogP contribution in [0.1, 0.15) is 33.8 Å². The van der Waals surface area contributed by atoms with E-state index in [1.807, 2.05) is 13.0 Å². The molecular formula is C21H21ClF2N4O2. The Kier molecular flexibility index (Phi) is 6.48. The minimum Gasteiger partial charge on any atom is -0.347 e. The van der Waals surface area contributed by atoms with E-state index in [1.54, 1.807) is 12.3 Å². The maximum absolute atomic E-state index is 13.7. The van der Waals surface area contributed by atoms with Crippen molar-refractivity contribution in [1.29, 1.82) is 0 Å². The number of aromatic nitrogens is 2. The highest BCUT2D eigenvalue weighted by Crippen LogP contribution is 2.27. The van der Waals surface area contributed by atoms with Gasteiger partial charge in [0.25, 0.3) is 11.5 Å². The van der Waals surface area contributed by atoms with Gasteiger partial charge < -0.3 is 10.6 Å². The van der Waals surface area contributed by atoms with Crippen molar-refractivity contribution in [2.45, 2.75) is 25.3 Å². The van der Waals surface area contributed by atoms with Gasteiger partial charge in [-0.05, 0) is 49.2 Å². The number of benzene rings is 1. The average molecular weight is 435 g/mol. The lowest BCUT2D eigenvalue weighted by atomic mass is 9.86. The molecule has 3 aromatic rings. The van der Waals surface area contributed by atoms with E-state index in [1.165, 1.54) is 22.7 Å². The lowest BCUT2D eigenvalue weighted by Gasteiger charge is -2.33. The number of carbonyl (C=O) groups excluding carboxylic acids is 1. The summed E-state index contributed by atoms with van der Waals surface area (Å²) in [5.74, 6) is -2.57. The van der Waals surface area contributed by atoms with E-state index in [4.69, 9.17) is 0 Å². The van der Waals surface area contributed by atoms with Crippen LogP contribution in [0, 0.1) is 18.6 Å². The van der Waals surface area contributed by atoms with Crippen LogP contribution in [0.2, 0.25) is 0 Å². The fourth-order valence-corrected chi connectivity index (χ4v) is 3.74. The van der Waals surface area contributed by atoms with Crippen LogP contribution in [-0.4, -0.2) is 34.4 Å². The van der Waals surface area contributed by atoms with Crippen molar-refractivity contribution in [3.8, 4) is 0 Å². The zero-order chi connectivity index (χ0) is 20.5. The molecule has 2 atom stereocenters. The Balaban J connectivity index is 0.00000256. The van der Waals surface area contributed by atoms with Gasteiger partial charge in [0.1, 0.15) is 11.2 Å². The van der Waals surface area contributed by atoms with Gasteiger partial charge in [-0.15, -0.1) is 12.4 Å². The van der Waals surface area contributed by atoms with Crippen molar-refractivity contribution in [3.63, 3.8) is 0 Å². The summed E-state index contributed by atoms with van der Waals surface area (Å²) >= 11 is 0. The van der Waals surface area contributed by atoms with Crippen molar-refractivity contribution in [3.05, 3.63) is 81.4 Å². The molecular weight excluding hydrogens is 414 g/mol. The molecule has 4 rings (SSSR count). The topological polar surface area (TPSA) is 75.5 Å². The number of hydrogen-bond donors (Lipinski definition) is 2. The van der Waals surface area contributed by atoms with Gasteiger partial charge in [0.05, 0.1) is 0 Å². The molecule has 1 saturated heterocycles. The summed E-state index contributed by atoms with van der Waals surface area (Å²) in [6.07, 6.45) is 3.54. The highest BCUT2D eigenvalue weighted by atomic mass is 35.5. The first-order chi connectivity index (χ1) is 13.9. The summed E-state index contributed by atoms with van der Waals surface area (Å²) < 4.78 is 28.3. The van der Waals surface area contributed by atoms with Gasteiger partial charge in [-0.1, -0.05) is 12.1 Å². The molecule has 1 aliphatic heterocycles. The second-order valence-electron chi connectivity index (χ2n) is 7.26. The quantitative estimate of drug-likeness (QED) is 0.664. The lowest BCUT2D eigenvalue weighted by molar-refractivity contribution is 0.0922. The third-order valence-electron chi connectivity index (χ3n) is 5.26. The zero-order valence-electron chi connectivity index (χ0n) is 16.2. The molecule has 0 spiro atoms. The number of amides is 1. The monoisotopic (exact) mass is 434 g/mol. The summed E-state index contributed by atoms with van der Waals surface area (Å²) in [5, 5.41) is 6.05. The third-order valence-corrected chi connectivity index (χ3v) is 5.26. The predicted molar refractivity (Wildman–Crippen MR) is 111 cm³/mol. The smallest absolute Gasteiger partial charge is 0.270 e. The maximum atomic E-state index is 13.7. The number of hydrogen-bond acceptors (Lipinski definition) is 4. The molecule has 6 nitrogen and oxygen atoms in total. The molecule has 30 heavy (non-hydrogen) atoms. The van der Waals surface area contributed by atoms with Crippen LogP contribution in [0.15, 0.2) is 47.5 Å². The largest absolute Gasteiger partial charge is 0.347 e. The van der Waals surface area contributed by atoms with Crippen molar-refractivity contribution in [2.24, 2.45) is 0 Å². The second kappa shape index (κ2) is 8.89. The van der Waals surface area contributed by atoms with E-state index < -0.39 is 23.1 Å². The van der Waals surface area contributed by atoms with Gasteiger partial charge in [-0.3, -0.25) is 14.0 Å². The van der Waals surface area contributed by atoms with Crippen molar-refractivity contribution in [1.82, 2.24) is 20.0 Å². The minimum atomic E-state index is -0.918. The highest BCUT2D eigenvalue weighted by Gasteiger charge is 2.29. The molecule has 0 bridgehead atoms. The Morgan fingerprint density at radius 2 is 2.03 bits per heavy atom. The summed E-state index contributed by atoms with van der Waals surface area (Å²) in [6, 6.07) is 6.96. The molecule has 158 valence electrons. The second-order valence-corrected chi connectivity index (χ2v) is 7.26. The number of piperidine rings is 1. The molecule has 1 fully saturated rings. The molecule has 0 radical (unpaired) electrons. The Hall–Kier alpha value is -2.84. The normalized spacial score (nSPS) is 18.6. The summed E-state index contributed by atoms with van der Waals surface area (Å²) in [6.45, 7) is 2.99. The van der Waals surface area contributed by atoms with Crippen LogP contribution in [0.25, 0.3) is 5.65 Å². The first-order valence-corrected chi connectivity index (χ1v) is 9.38. The van der Waals surface area contributed by atoms with E-state index >= 15 is 0 Å². The highest BCUT2D eigenvalue weighted by molar-refractivity contribution is 5.94. The number of nitrogens with zero attached hydrogens (tertiary/aromatic N) is 2. The van der Waals surface area contributed by atoms with Crippen LogP contribution in [0.5, 0.6) is 0 Å². The van der Waals surface area contributed by atoms with Gasteiger partial charge in [-0.25, -0.2) is 13.8 Å². The molecule has 0 saturated carbocycles. The minimum absolute atomic E-state index is 0. The van der Waals surface area contributed by atoms with Crippen LogP contribution in [0.4, 0.5) is 8.78 Å². The summed E-state index contributed by atoms with van der Waals surface area (Å²) in [5.41, 5.74) is 1.41. The van der Waals surface area contributed by atoms with Gasteiger partial charge in [0, 0.05) is 30.9 Å². The lowest BCUT2D eigenvalue weighted by Crippen LogP contribution is -2.50. The van der Waals surface area contributed by atoms with E-state index in [0.29, 0.717) is 30.7 Å². The van der Waals surface area contributed by atoms with Crippen molar-refractivity contribution in [2.75, 3.05) is 13.1 Å². The molecule has 9 heteroatoms. The van der Waals surface area contributed by atoms with E-state index in [9.17, 15) is 18.4 Å².